The monoisotopic (exact) mass is 395 g/mol. The Bertz CT molecular complexity index is 935. The Morgan fingerprint density at radius 3 is 2.44 bits per heavy atom. The molecule has 27 heavy (non-hydrogen) atoms. The number of ether oxygens (including phenoxy) is 1. The van der Waals surface area contributed by atoms with Gasteiger partial charge in [-0.15, -0.1) is 5.10 Å². The van der Waals surface area contributed by atoms with Crippen molar-refractivity contribution in [3.05, 3.63) is 59.2 Å². The van der Waals surface area contributed by atoms with Gasteiger partial charge in [-0.1, -0.05) is 11.6 Å². The van der Waals surface area contributed by atoms with Crippen molar-refractivity contribution in [1.82, 2.24) is 15.2 Å². The second-order valence-electron chi connectivity index (χ2n) is 5.33. The van der Waals surface area contributed by atoms with Gasteiger partial charge in [0.1, 0.15) is 5.75 Å². The Balaban J connectivity index is 1.82. The van der Waals surface area contributed by atoms with Crippen LogP contribution >= 0.6 is 11.6 Å². The van der Waals surface area contributed by atoms with Gasteiger partial charge in [0, 0.05) is 10.7 Å². The highest BCUT2D eigenvalue weighted by Gasteiger charge is 2.34. The van der Waals surface area contributed by atoms with Crippen molar-refractivity contribution < 1.29 is 17.9 Å². The molecule has 0 aliphatic carbocycles. The first-order valence-electron chi connectivity index (χ1n) is 7.60. The lowest BCUT2D eigenvalue weighted by Gasteiger charge is -2.14. The van der Waals surface area contributed by atoms with Crippen LogP contribution < -0.4 is 15.4 Å². The number of hydrogen-bond acceptors (Lipinski definition) is 6. The standard InChI is InChI=1S/C17H13ClF3N5O/c1-27-12-5-3-11(4-6-12)23-15-9-22-26-16(25-15)24-14-7-2-10(18)8-13(14)17(19,20)21/h2-9H,1H3,(H2,23,24,25,26). The van der Waals surface area contributed by atoms with E-state index in [1.165, 1.54) is 18.3 Å². The van der Waals surface area contributed by atoms with Crippen molar-refractivity contribution in [3.63, 3.8) is 0 Å². The molecule has 2 N–H and O–H groups in total. The summed E-state index contributed by atoms with van der Waals surface area (Å²) in [6.07, 6.45) is -3.23. The summed E-state index contributed by atoms with van der Waals surface area (Å²) in [4.78, 5) is 4.12. The minimum absolute atomic E-state index is 0.0261. The number of nitrogens with one attached hydrogen (secondary N) is 2. The van der Waals surface area contributed by atoms with Crippen LogP contribution in [0.3, 0.4) is 0 Å². The quantitative estimate of drug-likeness (QED) is 0.630. The van der Waals surface area contributed by atoms with Crippen LogP contribution in [0.1, 0.15) is 5.56 Å². The molecule has 6 nitrogen and oxygen atoms in total. The molecular formula is C17H13ClF3N5O. The van der Waals surface area contributed by atoms with Crippen LogP contribution in [-0.2, 0) is 6.18 Å². The lowest BCUT2D eigenvalue weighted by molar-refractivity contribution is -0.136. The molecule has 3 aromatic rings. The zero-order chi connectivity index (χ0) is 19.4. The molecule has 2 aromatic carbocycles. The highest BCUT2D eigenvalue weighted by atomic mass is 35.5. The maximum absolute atomic E-state index is 13.2. The largest absolute Gasteiger partial charge is 0.497 e. The van der Waals surface area contributed by atoms with Gasteiger partial charge in [0.2, 0.25) is 5.95 Å². The SMILES string of the molecule is COc1ccc(Nc2cnnc(Nc3ccc(Cl)cc3C(F)(F)F)n2)cc1. The first-order valence-corrected chi connectivity index (χ1v) is 7.97. The summed E-state index contributed by atoms with van der Waals surface area (Å²) < 4.78 is 44.6. The summed E-state index contributed by atoms with van der Waals surface area (Å²) in [6, 6.07) is 10.4. The molecule has 0 radical (unpaired) electrons. The van der Waals surface area contributed by atoms with Gasteiger partial charge in [-0.2, -0.15) is 23.3 Å². The Kier molecular flexibility index (Phi) is 5.31. The fraction of sp³-hybridized carbons (Fsp3) is 0.118. The van der Waals surface area contributed by atoms with Gasteiger partial charge in [0.25, 0.3) is 0 Å². The highest BCUT2D eigenvalue weighted by Crippen LogP contribution is 2.37. The molecule has 0 fully saturated rings. The van der Waals surface area contributed by atoms with E-state index in [1.54, 1.807) is 31.4 Å². The maximum Gasteiger partial charge on any atom is 0.418 e. The zero-order valence-corrected chi connectivity index (χ0v) is 14.6. The summed E-state index contributed by atoms with van der Waals surface area (Å²) >= 11 is 5.67. The predicted molar refractivity (Wildman–Crippen MR) is 95.8 cm³/mol. The average molecular weight is 396 g/mol. The molecule has 0 aliphatic rings. The van der Waals surface area contributed by atoms with E-state index < -0.39 is 11.7 Å². The van der Waals surface area contributed by atoms with Gasteiger partial charge in [-0.05, 0) is 42.5 Å². The number of anilines is 4. The van der Waals surface area contributed by atoms with Crippen LogP contribution in [-0.4, -0.2) is 22.3 Å². The van der Waals surface area contributed by atoms with Gasteiger partial charge in [0.15, 0.2) is 5.82 Å². The van der Waals surface area contributed by atoms with E-state index in [0.717, 1.165) is 6.07 Å². The topological polar surface area (TPSA) is 72.0 Å². The molecule has 3 rings (SSSR count). The van der Waals surface area contributed by atoms with Crippen LogP contribution in [0.4, 0.5) is 36.3 Å². The van der Waals surface area contributed by atoms with E-state index >= 15 is 0 Å². The third-order valence-corrected chi connectivity index (χ3v) is 3.69. The molecule has 0 saturated heterocycles. The smallest absolute Gasteiger partial charge is 0.418 e. The summed E-state index contributed by atoms with van der Waals surface area (Å²) in [5.74, 6) is 0.896. The average Bonchev–Trinajstić information content (AvgIpc) is 2.63. The summed E-state index contributed by atoms with van der Waals surface area (Å²) in [5, 5.41) is 13.0. The minimum atomic E-state index is -4.58. The molecule has 0 bridgehead atoms. The van der Waals surface area contributed by atoms with E-state index in [4.69, 9.17) is 16.3 Å². The molecule has 140 valence electrons. The molecule has 0 atom stereocenters. The molecule has 0 aliphatic heterocycles. The van der Waals surface area contributed by atoms with E-state index in [0.29, 0.717) is 17.3 Å². The normalized spacial score (nSPS) is 11.1. The third kappa shape index (κ3) is 4.76. The van der Waals surface area contributed by atoms with Crippen molar-refractivity contribution in [2.24, 2.45) is 0 Å². The number of rotatable bonds is 5. The first kappa shape index (κ1) is 18.7. The molecule has 0 spiro atoms. The Morgan fingerprint density at radius 2 is 1.78 bits per heavy atom. The predicted octanol–water partition coefficient (Wildman–Crippen LogP) is 5.04. The van der Waals surface area contributed by atoms with Crippen molar-refractivity contribution in [2.45, 2.75) is 6.18 Å². The Morgan fingerprint density at radius 1 is 1.04 bits per heavy atom. The number of methoxy groups -OCH3 is 1. The number of hydrogen-bond donors (Lipinski definition) is 2. The molecule has 10 heteroatoms. The van der Waals surface area contributed by atoms with Gasteiger partial charge in [-0.3, -0.25) is 0 Å². The van der Waals surface area contributed by atoms with Crippen LogP contribution in [0.25, 0.3) is 0 Å². The second kappa shape index (κ2) is 7.67. The van der Waals surface area contributed by atoms with Crippen molar-refractivity contribution in [2.75, 3.05) is 17.7 Å². The molecule has 1 heterocycles. The lowest BCUT2D eigenvalue weighted by atomic mass is 10.1. The van der Waals surface area contributed by atoms with Gasteiger partial charge < -0.3 is 15.4 Å². The van der Waals surface area contributed by atoms with Gasteiger partial charge >= 0.3 is 6.18 Å². The minimum Gasteiger partial charge on any atom is -0.497 e. The van der Waals surface area contributed by atoms with E-state index in [-0.39, 0.29) is 16.7 Å². The molecule has 0 amide bonds. The van der Waals surface area contributed by atoms with Gasteiger partial charge in [0.05, 0.1) is 24.6 Å². The van der Waals surface area contributed by atoms with E-state index in [9.17, 15) is 13.2 Å². The lowest BCUT2D eigenvalue weighted by Crippen LogP contribution is -2.10. The van der Waals surface area contributed by atoms with Crippen molar-refractivity contribution >= 4 is 34.7 Å². The van der Waals surface area contributed by atoms with Crippen LogP contribution in [0.5, 0.6) is 5.75 Å². The Hall–Kier alpha value is -3.07. The zero-order valence-electron chi connectivity index (χ0n) is 13.9. The second-order valence-corrected chi connectivity index (χ2v) is 5.77. The molecular weight excluding hydrogens is 383 g/mol. The van der Waals surface area contributed by atoms with Crippen LogP contribution in [0.15, 0.2) is 48.7 Å². The Labute approximate surface area is 157 Å². The fourth-order valence-corrected chi connectivity index (χ4v) is 2.39. The van der Waals surface area contributed by atoms with Gasteiger partial charge in [-0.25, -0.2) is 0 Å². The number of halogens is 4. The third-order valence-electron chi connectivity index (χ3n) is 3.45. The number of alkyl halides is 3. The van der Waals surface area contributed by atoms with Crippen molar-refractivity contribution in [3.8, 4) is 5.75 Å². The van der Waals surface area contributed by atoms with E-state index in [2.05, 4.69) is 25.8 Å². The summed E-state index contributed by atoms with van der Waals surface area (Å²) in [7, 11) is 1.56. The number of aromatic nitrogens is 3. The molecule has 0 unspecified atom stereocenters. The number of nitrogens with zero attached hydrogens (tertiary/aromatic N) is 3. The van der Waals surface area contributed by atoms with E-state index in [1.807, 2.05) is 0 Å². The fourth-order valence-electron chi connectivity index (χ4n) is 2.22. The number of benzene rings is 2. The highest BCUT2D eigenvalue weighted by molar-refractivity contribution is 6.30. The summed E-state index contributed by atoms with van der Waals surface area (Å²) in [6.45, 7) is 0. The maximum atomic E-state index is 13.2. The van der Waals surface area contributed by atoms with Crippen LogP contribution in [0.2, 0.25) is 5.02 Å². The van der Waals surface area contributed by atoms with Crippen molar-refractivity contribution in [1.29, 1.82) is 0 Å². The van der Waals surface area contributed by atoms with Crippen LogP contribution in [0, 0.1) is 0 Å². The summed E-state index contributed by atoms with van der Waals surface area (Å²) in [5.41, 5.74) is -0.452. The first-order chi connectivity index (χ1) is 12.8. The molecule has 0 saturated carbocycles. The molecule has 1 aromatic heterocycles.